The molecule has 14 heteroatoms. The molecule has 1 aromatic carbocycles. The van der Waals surface area contributed by atoms with E-state index < -0.39 is 17.6 Å². The van der Waals surface area contributed by atoms with E-state index in [-0.39, 0.29) is 16.8 Å². The third-order valence-electron chi connectivity index (χ3n) is 7.64. The predicted molar refractivity (Wildman–Crippen MR) is 154 cm³/mol. The molecule has 1 N–H and O–H groups in total. The fraction of sp³-hybridized carbons (Fsp3) is 0.310. The zero-order valence-corrected chi connectivity index (χ0v) is 24.0. The number of likely N-dealkylation sites (N-methyl/N-ethyl adjacent to an activating group) is 1. The van der Waals surface area contributed by atoms with Gasteiger partial charge in [0.15, 0.2) is 5.65 Å². The zero-order valence-electron chi connectivity index (χ0n) is 24.0. The minimum Gasteiger partial charge on any atom is -0.369 e. The molecule has 0 aliphatic carbocycles. The smallest absolute Gasteiger partial charge is 0.369 e. The molecule has 1 fully saturated rings. The van der Waals surface area contributed by atoms with Crippen molar-refractivity contribution in [3.8, 4) is 17.1 Å². The number of amides is 1. The van der Waals surface area contributed by atoms with Gasteiger partial charge in [-0.3, -0.25) is 19.2 Å². The van der Waals surface area contributed by atoms with Gasteiger partial charge >= 0.3 is 6.18 Å². The van der Waals surface area contributed by atoms with Crippen molar-refractivity contribution in [2.24, 2.45) is 0 Å². The first-order chi connectivity index (χ1) is 20.5. The summed E-state index contributed by atoms with van der Waals surface area (Å²) in [5.74, 6) is -0.597. The quantitative estimate of drug-likeness (QED) is 0.323. The summed E-state index contributed by atoms with van der Waals surface area (Å²) in [6.07, 6.45) is 3.69. The number of hydrogen-bond acceptors (Lipinski definition) is 8. The molecule has 0 radical (unpaired) electrons. The molecule has 5 heterocycles. The topological polar surface area (TPSA) is 109 Å². The van der Waals surface area contributed by atoms with Crippen LogP contribution in [0.3, 0.4) is 0 Å². The van der Waals surface area contributed by atoms with Crippen LogP contribution in [0, 0.1) is 20.8 Å². The molecular formula is C29H29F3N10O. The Morgan fingerprint density at radius 2 is 1.67 bits per heavy atom. The third-order valence-corrected chi connectivity index (χ3v) is 7.64. The highest BCUT2D eigenvalue weighted by Gasteiger charge is 2.35. The van der Waals surface area contributed by atoms with Gasteiger partial charge in [-0.2, -0.15) is 13.2 Å². The summed E-state index contributed by atoms with van der Waals surface area (Å²) >= 11 is 0. The number of pyridine rings is 1. The molecule has 1 saturated heterocycles. The van der Waals surface area contributed by atoms with Crippen molar-refractivity contribution in [3.05, 3.63) is 77.3 Å². The molecule has 1 aliphatic rings. The van der Waals surface area contributed by atoms with E-state index in [9.17, 15) is 18.0 Å². The molecule has 1 amide bonds. The molecule has 0 bridgehead atoms. The van der Waals surface area contributed by atoms with E-state index in [4.69, 9.17) is 0 Å². The second kappa shape index (κ2) is 10.8. The Bertz CT molecular complexity index is 1840. The number of piperazine rings is 1. The molecule has 5 aromatic rings. The van der Waals surface area contributed by atoms with E-state index >= 15 is 0 Å². The standard InChI is InChI=1S/C29H29F3N10O/c1-17-15-41-26(13-35-27(41)14-33-17)23-16-42(38-37-23)25-9-20(12-34-19(25)3)28(43)36-21-10-22(29(30,31)32)18(2)24(11-21)40-7-5-39(4)6-8-40/h9-16H,5-8H2,1-4H3,(H,36,43). The van der Waals surface area contributed by atoms with Crippen molar-refractivity contribution in [1.82, 2.24) is 39.2 Å². The number of aryl methyl sites for hydroxylation is 2. The van der Waals surface area contributed by atoms with Crippen molar-refractivity contribution in [3.63, 3.8) is 0 Å². The predicted octanol–water partition coefficient (Wildman–Crippen LogP) is 4.32. The Morgan fingerprint density at radius 1 is 0.907 bits per heavy atom. The average molecular weight is 591 g/mol. The fourth-order valence-corrected chi connectivity index (χ4v) is 5.20. The fourth-order valence-electron chi connectivity index (χ4n) is 5.20. The summed E-state index contributed by atoms with van der Waals surface area (Å²) in [6.45, 7) is 7.74. The highest BCUT2D eigenvalue weighted by molar-refractivity contribution is 6.04. The minimum atomic E-state index is -4.58. The molecule has 222 valence electrons. The van der Waals surface area contributed by atoms with Crippen molar-refractivity contribution >= 4 is 22.9 Å². The number of fused-ring (bicyclic) bond motifs is 1. The number of hydrogen-bond donors (Lipinski definition) is 1. The molecule has 4 aromatic heterocycles. The Morgan fingerprint density at radius 3 is 2.42 bits per heavy atom. The Kier molecular flexibility index (Phi) is 7.08. The Hall–Kier alpha value is -4.85. The van der Waals surface area contributed by atoms with Gasteiger partial charge in [0, 0.05) is 49.9 Å². The molecule has 0 unspecified atom stereocenters. The third kappa shape index (κ3) is 5.52. The number of rotatable bonds is 5. The lowest BCUT2D eigenvalue weighted by molar-refractivity contribution is -0.138. The Labute approximate surface area is 245 Å². The molecule has 0 spiro atoms. The SMILES string of the molecule is Cc1cn2c(-c3cn(-c4cc(C(=O)Nc5cc(N6CCN(C)CC6)c(C)c(C(F)(F)F)c5)cnc4C)nn3)cnc2cn1. The van der Waals surface area contributed by atoms with Crippen LogP contribution in [0.2, 0.25) is 0 Å². The number of nitrogens with zero attached hydrogens (tertiary/aromatic N) is 9. The number of halogens is 3. The first kappa shape index (κ1) is 28.3. The second-order valence-corrected chi connectivity index (χ2v) is 10.7. The van der Waals surface area contributed by atoms with Gasteiger partial charge < -0.3 is 15.1 Å². The van der Waals surface area contributed by atoms with Crippen LogP contribution < -0.4 is 10.2 Å². The highest BCUT2D eigenvalue weighted by atomic mass is 19.4. The van der Waals surface area contributed by atoms with E-state index in [1.165, 1.54) is 17.8 Å². The molecule has 6 rings (SSSR count). The van der Waals surface area contributed by atoms with Gasteiger partial charge in [-0.25, -0.2) is 9.67 Å². The second-order valence-electron chi connectivity index (χ2n) is 10.7. The van der Waals surface area contributed by atoms with Crippen LogP contribution in [0.1, 0.15) is 32.9 Å². The van der Waals surface area contributed by atoms with Gasteiger partial charge in [0.25, 0.3) is 5.91 Å². The number of anilines is 2. The largest absolute Gasteiger partial charge is 0.416 e. The monoisotopic (exact) mass is 590 g/mol. The minimum absolute atomic E-state index is 0.0550. The maximum Gasteiger partial charge on any atom is 0.416 e. The first-order valence-corrected chi connectivity index (χ1v) is 13.6. The summed E-state index contributed by atoms with van der Waals surface area (Å²) in [4.78, 5) is 30.4. The van der Waals surface area contributed by atoms with Crippen LogP contribution in [0.4, 0.5) is 24.5 Å². The number of nitrogens with one attached hydrogen (secondary N) is 1. The molecule has 43 heavy (non-hydrogen) atoms. The van der Waals surface area contributed by atoms with Gasteiger partial charge in [0.2, 0.25) is 0 Å². The van der Waals surface area contributed by atoms with Gasteiger partial charge in [-0.15, -0.1) is 5.10 Å². The van der Waals surface area contributed by atoms with Gasteiger partial charge in [0.1, 0.15) is 5.69 Å². The molecular weight excluding hydrogens is 561 g/mol. The lowest BCUT2D eigenvalue weighted by Gasteiger charge is -2.35. The maximum absolute atomic E-state index is 14.0. The number of aromatic nitrogens is 7. The van der Waals surface area contributed by atoms with Crippen molar-refractivity contribution in [1.29, 1.82) is 0 Å². The average Bonchev–Trinajstić information content (AvgIpc) is 3.61. The van der Waals surface area contributed by atoms with E-state index in [1.54, 1.807) is 37.6 Å². The molecule has 1 aliphatic heterocycles. The molecule has 0 atom stereocenters. The lowest BCUT2D eigenvalue weighted by Crippen LogP contribution is -2.44. The number of alkyl halides is 3. The van der Waals surface area contributed by atoms with Crippen LogP contribution in [-0.2, 0) is 6.18 Å². The highest BCUT2D eigenvalue weighted by Crippen LogP contribution is 2.39. The summed E-state index contributed by atoms with van der Waals surface area (Å²) in [6, 6.07) is 4.16. The van der Waals surface area contributed by atoms with Crippen molar-refractivity contribution in [2.75, 3.05) is 43.4 Å². The summed E-state index contributed by atoms with van der Waals surface area (Å²) in [5.41, 5.74) is 3.82. The number of benzene rings is 1. The molecule has 11 nitrogen and oxygen atoms in total. The number of carbonyl (C=O) groups excluding carboxylic acids is 1. The first-order valence-electron chi connectivity index (χ1n) is 13.6. The van der Waals surface area contributed by atoms with E-state index in [0.29, 0.717) is 47.2 Å². The van der Waals surface area contributed by atoms with Crippen LogP contribution in [0.15, 0.2) is 49.2 Å². The van der Waals surface area contributed by atoms with E-state index in [2.05, 4.69) is 35.5 Å². The van der Waals surface area contributed by atoms with Crippen LogP contribution in [0.5, 0.6) is 0 Å². The summed E-state index contributed by atoms with van der Waals surface area (Å²) in [7, 11) is 1.98. The number of imidazole rings is 1. The summed E-state index contributed by atoms with van der Waals surface area (Å²) in [5, 5.41) is 11.2. The van der Waals surface area contributed by atoms with Gasteiger partial charge in [-0.05, 0) is 51.6 Å². The normalized spacial score (nSPS) is 14.4. The lowest BCUT2D eigenvalue weighted by atomic mass is 10.0. The zero-order chi connectivity index (χ0) is 30.5. The van der Waals surface area contributed by atoms with Crippen LogP contribution in [0.25, 0.3) is 22.7 Å². The van der Waals surface area contributed by atoms with Crippen LogP contribution in [-0.4, -0.2) is 78.4 Å². The van der Waals surface area contributed by atoms with Gasteiger partial charge in [0.05, 0.1) is 52.5 Å². The van der Waals surface area contributed by atoms with Crippen molar-refractivity contribution < 1.29 is 18.0 Å². The van der Waals surface area contributed by atoms with E-state index in [1.807, 2.05) is 29.5 Å². The van der Waals surface area contributed by atoms with Gasteiger partial charge in [-0.1, -0.05) is 5.21 Å². The maximum atomic E-state index is 14.0. The van der Waals surface area contributed by atoms with Crippen molar-refractivity contribution in [2.45, 2.75) is 26.9 Å². The van der Waals surface area contributed by atoms with Crippen LogP contribution >= 0.6 is 0 Å². The molecule has 0 saturated carbocycles. The Balaban J connectivity index is 1.30. The summed E-state index contributed by atoms with van der Waals surface area (Å²) < 4.78 is 45.4. The number of carbonyl (C=O) groups is 1. The van der Waals surface area contributed by atoms with E-state index in [0.717, 1.165) is 24.8 Å².